The van der Waals surface area contributed by atoms with Gasteiger partial charge in [0.05, 0.1) is 0 Å². The van der Waals surface area contributed by atoms with Gasteiger partial charge in [-0.3, -0.25) is 5.10 Å². The molecule has 0 spiro atoms. The van der Waals surface area contributed by atoms with E-state index in [1.807, 2.05) is 0 Å². The fourth-order valence-electron chi connectivity index (χ4n) is 1.07. The molecule has 0 atom stereocenters. The minimum absolute atomic E-state index is 0.625. The van der Waals surface area contributed by atoms with Gasteiger partial charge in [0.15, 0.2) is 5.82 Å². The average molecular weight is 195 g/mol. The Morgan fingerprint density at radius 2 is 2.23 bits per heavy atom. The molecule has 0 bridgehead atoms. The lowest BCUT2D eigenvalue weighted by atomic mass is 10.2. The SMILES string of the molecule is Nc1ccc(Cl)cc1-c1ncn[nH]1. The van der Waals surface area contributed by atoms with E-state index < -0.39 is 0 Å². The number of rotatable bonds is 1. The van der Waals surface area contributed by atoms with Crippen molar-refractivity contribution in [3.8, 4) is 11.4 Å². The van der Waals surface area contributed by atoms with Gasteiger partial charge in [-0.1, -0.05) is 11.6 Å². The molecular weight excluding hydrogens is 188 g/mol. The van der Waals surface area contributed by atoms with E-state index in [1.54, 1.807) is 18.2 Å². The molecule has 0 saturated carbocycles. The Morgan fingerprint density at radius 3 is 2.92 bits per heavy atom. The Bertz CT molecular complexity index is 410. The number of aromatic amines is 1. The summed E-state index contributed by atoms with van der Waals surface area (Å²) in [4.78, 5) is 3.98. The fourth-order valence-corrected chi connectivity index (χ4v) is 1.24. The van der Waals surface area contributed by atoms with Crippen LogP contribution >= 0.6 is 11.6 Å². The van der Waals surface area contributed by atoms with Gasteiger partial charge in [-0.25, -0.2) is 4.98 Å². The average Bonchev–Trinajstić information content (AvgIpc) is 2.61. The van der Waals surface area contributed by atoms with Crippen molar-refractivity contribution in [1.29, 1.82) is 0 Å². The van der Waals surface area contributed by atoms with Gasteiger partial charge >= 0.3 is 0 Å². The number of nitrogens with zero attached hydrogens (tertiary/aromatic N) is 2. The number of aromatic nitrogens is 3. The van der Waals surface area contributed by atoms with Crippen molar-refractivity contribution in [2.45, 2.75) is 0 Å². The Hall–Kier alpha value is -1.55. The second-order valence-electron chi connectivity index (χ2n) is 2.57. The summed E-state index contributed by atoms with van der Waals surface area (Å²) in [5, 5.41) is 7.08. The van der Waals surface area contributed by atoms with Crippen LogP contribution in [0, 0.1) is 0 Å². The molecule has 2 rings (SSSR count). The lowest BCUT2D eigenvalue weighted by Gasteiger charge is -2.01. The predicted octanol–water partition coefficient (Wildman–Crippen LogP) is 1.71. The lowest BCUT2D eigenvalue weighted by Crippen LogP contribution is -1.91. The summed E-state index contributed by atoms with van der Waals surface area (Å²) in [7, 11) is 0. The minimum atomic E-state index is 0.625. The summed E-state index contributed by atoms with van der Waals surface area (Å²) in [5.74, 6) is 0.625. The van der Waals surface area contributed by atoms with Crippen molar-refractivity contribution >= 4 is 17.3 Å². The first-order valence-electron chi connectivity index (χ1n) is 3.68. The zero-order valence-electron chi connectivity index (χ0n) is 6.66. The topological polar surface area (TPSA) is 67.6 Å². The molecule has 0 saturated heterocycles. The summed E-state index contributed by atoms with van der Waals surface area (Å²) in [6.07, 6.45) is 1.43. The van der Waals surface area contributed by atoms with Crippen LogP contribution in [0.3, 0.4) is 0 Å². The van der Waals surface area contributed by atoms with Crippen LogP contribution in [-0.2, 0) is 0 Å². The molecule has 13 heavy (non-hydrogen) atoms. The van der Waals surface area contributed by atoms with Crippen LogP contribution in [0.15, 0.2) is 24.5 Å². The monoisotopic (exact) mass is 194 g/mol. The summed E-state index contributed by atoms with van der Waals surface area (Å²) >= 11 is 5.82. The molecule has 66 valence electrons. The van der Waals surface area contributed by atoms with Crippen molar-refractivity contribution < 1.29 is 0 Å². The van der Waals surface area contributed by atoms with Crippen molar-refractivity contribution in [1.82, 2.24) is 15.2 Å². The first kappa shape index (κ1) is 8.07. The van der Waals surface area contributed by atoms with Crippen LogP contribution < -0.4 is 5.73 Å². The normalized spacial score (nSPS) is 10.2. The van der Waals surface area contributed by atoms with E-state index in [0.717, 1.165) is 5.56 Å². The molecule has 1 aromatic heterocycles. The summed E-state index contributed by atoms with van der Waals surface area (Å²) < 4.78 is 0. The number of benzene rings is 1. The molecule has 4 nitrogen and oxygen atoms in total. The Kier molecular flexibility index (Phi) is 1.90. The first-order chi connectivity index (χ1) is 6.27. The van der Waals surface area contributed by atoms with Crippen LogP contribution in [0.25, 0.3) is 11.4 Å². The van der Waals surface area contributed by atoms with Crippen LogP contribution in [0.5, 0.6) is 0 Å². The van der Waals surface area contributed by atoms with E-state index in [4.69, 9.17) is 17.3 Å². The lowest BCUT2D eigenvalue weighted by molar-refractivity contribution is 1.10. The third-order valence-corrected chi connectivity index (χ3v) is 1.92. The Morgan fingerprint density at radius 1 is 1.38 bits per heavy atom. The molecule has 0 aliphatic carbocycles. The molecule has 2 aromatic rings. The number of nitrogen functional groups attached to an aromatic ring is 1. The third-order valence-electron chi connectivity index (χ3n) is 1.69. The van der Waals surface area contributed by atoms with E-state index in [2.05, 4.69) is 15.2 Å². The van der Waals surface area contributed by atoms with Crippen LogP contribution in [0.1, 0.15) is 0 Å². The zero-order valence-corrected chi connectivity index (χ0v) is 7.42. The van der Waals surface area contributed by atoms with Gasteiger partial charge in [0.25, 0.3) is 0 Å². The first-order valence-corrected chi connectivity index (χ1v) is 4.06. The molecule has 0 unspecified atom stereocenters. The maximum atomic E-state index is 5.82. The molecule has 0 aliphatic rings. The van der Waals surface area contributed by atoms with Gasteiger partial charge < -0.3 is 5.73 Å². The highest BCUT2D eigenvalue weighted by molar-refractivity contribution is 6.31. The van der Waals surface area contributed by atoms with E-state index >= 15 is 0 Å². The second kappa shape index (κ2) is 3.06. The molecule has 0 radical (unpaired) electrons. The van der Waals surface area contributed by atoms with Gasteiger partial charge in [0.2, 0.25) is 0 Å². The van der Waals surface area contributed by atoms with Gasteiger partial charge in [-0.15, -0.1) is 0 Å². The van der Waals surface area contributed by atoms with E-state index in [0.29, 0.717) is 16.5 Å². The Labute approximate surface area is 79.7 Å². The van der Waals surface area contributed by atoms with Crippen LogP contribution in [0.2, 0.25) is 5.02 Å². The van der Waals surface area contributed by atoms with E-state index in [1.165, 1.54) is 6.33 Å². The second-order valence-corrected chi connectivity index (χ2v) is 3.00. The molecule has 0 amide bonds. The summed E-state index contributed by atoms with van der Waals surface area (Å²) in [5.41, 5.74) is 7.13. The highest BCUT2D eigenvalue weighted by atomic mass is 35.5. The highest BCUT2D eigenvalue weighted by Crippen LogP contribution is 2.25. The van der Waals surface area contributed by atoms with E-state index in [-0.39, 0.29) is 0 Å². The molecule has 1 heterocycles. The fraction of sp³-hybridized carbons (Fsp3) is 0. The van der Waals surface area contributed by atoms with Crippen LogP contribution in [0.4, 0.5) is 5.69 Å². The van der Waals surface area contributed by atoms with E-state index in [9.17, 15) is 0 Å². The van der Waals surface area contributed by atoms with Crippen molar-refractivity contribution in [2.24, 2.45) is 0 Å². The quantitative estimate of drug-likeness (QED) is 0.679. The number of nitrogens with two attached hydrogens (primary N) is 1. The van der Waals surface area contributed by atoms with Gasteiger partial charge in [-0.05, 0) is 18.2 Å². The van der Waals surface area contributed by atoms with Gasteiger partial charge in [0, 0.05) is 16.3 Å². The van der Waals surface area contributed by atoms with Gasteiger partial charge in [0.1, 0.15) is 6.33 Å². The maximum Gasteiger partial charge on any atom is 0.157 e. The highest BCUT2D eigenvalue weighted by Gasteiger charge is 2.05. The minimum Gasteiger partial charge on any atom is -0.398 e. The smallest absolute Gasteiger partial charge is 0.157 e. The maximum absolute atomic E-state index is 5.82. The summed E-state index contributed by atoms with van der Waals surface area (Å²) in [6.45, 7) is 0. The molecule has 0 aliphatic heterocycles. The molecule has 3 N–H and O–H groups in total. The van der Waals surface area contributed by atoms with Crippen LogP contribution in [-0.4, -0.2) is 15.2 Å². The van der Waals surface area contributed by atoms with Crippen molar-refractivity contribution in [3.05, 3.63) is 29.5 Å². The number of hydrogen-bond acceptors (Lipinski definition) is 3. The molecular formula is C8H7ClN4. The molecule has 1 aromatic carbocycles. The Balaban J connectivity index is 2.57. The number of H-pyrrole nitrogens is 1. The predicted molar refractivity (Wildman–Crippen MR) is 51.2 cm³/mol. The molecule has 0 fully saturated rings. The summed E-state index contributed by atoms with van der Waals surface area (Å²) in [6, 6.07) is 5.22. The third kappa shape index (κ3) is 1.48. The number of hydrogen-bond donors (Lipinski definition) is 2. The van der Waals surface area contributed by atoms with Gasteiger partial charge in [-0.2, -0.15) is 5.10 Å². The number of halogens is 1. The number of anilines is 1. The van der Waals surface area contributed by atoms with Crippen molar-refractivity contribution in [2.75, 3.05) is 5.73 Å². The van der Waals surface area contributed by atoms with Crippen molar-refractivity contribution in [3.63, 3.8) is 0 Å². The number of nitrogens with one attached hydrogen (secondary N) is 1. The zero-order chi connectivity index (χ0) is 9.26. The molecule has 5 heteroatoms. The standard InChI is InChI=1S/C8H7ClN4/c9-5-1-2-7(10)6(3-5)8-11-4-12-13-8/h1-4H,10H2,(H,11,12,13). The largest absolute Gasteiger partial charge is 0.398 e.